The molecule has 1 amide bonds. The molecule has 1 fully saturated rings. The minimum atomic E-state index is -0.726. The fourth-order valence-electron chi connectivity index (χ4n) is 1.55. The van der Waals surface area contributed by atoms with Crippen molar-refractivity contribution in [3.63, 3.8) is 0 Å². The Morgan fingerprint density at radius 3 is 2.69 bits per heavy atom. The smallest absolute Gasteiger partial charge is 0.397 e. The number of hydrogen-bond donors (Lipinski definition) is 0. The van der Waals surface area contributed by atoms with Gasteiger partial charge in [0.2, 0.25) is 0 Å². The molecule has 4 nitrogen and oxygen atoms in total. The standard InChI is InChI=1S/C9H15NO3/c1-3-13-9(12)8(11)10-6-4-5-7(10)2/h7H,3-6H2,1-2H3. The van der Waals surface area contributed by atoms with Gasteiger partial charge in [0.15, 0.2) is 0 Å². The van der Waals surface area contributed by atoms with Crippen LogP contribution in [-0.4, -0.2) is 36.0 Å². The fraction of sp³-hybridized carbons (Fsp3) is 0.778. The van der Waals surface area contributed by atoms with E-state index in [0.717, 1.165) is 12.8 Å². The Bertz CT molecular complexity index is 215. The van der Waals surface area contributed by atoms with Crippen LogP contribution in [0.3, 0.4) is 0 Å². The molecular formula is C9H15NO3. The number of nitrogens with zero attached hydrogens (tertiary/aromatic N) is 1. The van der Waals surface area contributed by atoms with Crippen LogP contribution < -0.4 is 0 Å². The number of amides is 1. The van der Waals surface area contributed by atoms with Crippen LogP contribution in [-0.2, 0) is 14.3 Å². The summed E-state index contributed by atoms with van der Waals surface area (Å²) < 4.78 is 4.63. The zero-order chi connectivity index (χ0) is 9.84. The molecule has 0 aliphatic carbocycles. The molecule has 1 atom stereocenters. The molecule has 13 heavy (non-hydrogen) atoms. The van der Waals surface area contributed by atoms with E-state index in [2.05, 4.69) is 4.74 Å². The third kappa shape index (κ3) is 2.20. The molecule has 0 bridgehead atoms. The maximum Gasteiger partial charge on any atom is 0.397 e. The lowest BCUT2D eigenvalue weighted by Crippen LogP contribution is -2.39. The summed E-state index contributed by atoms with van der Waals surface area (Å²) in [5.41, 5.74) is 0. The molecule has 0 aromatic heterocycles. The van der Waals surface area contributed by atoms with Gasteiger partial charge in [-0.3, -0.25) is 4.79 Å². The van der Waals surface area contributed by atoms with Crippen LogP contribution in [0.5, 0.6) is 0 Å². The Balaban J connectivity index is 2.51. The molecule has 1 aliphatic heterocycles. The highest BCUT2D eigenvalue weighted by Gasteiger charge is 2.30. The molecule has 1 unspecified atom stereocenters. The number of esters is 1. The Labute approximate surface area is 77.8 Å². The van der Waals surface area contributed by atoms with Crippen LogP contribution in [0.1, 0.15) is 26.7 Å². The van der Waals surface area contributed by atoms with Gasteiger partial charge in [-0.05, 0) is 26.7 Å². The molecule has 1 rings (SSSR count). The molecule has 0 saturated carbocycles. The van der Waals surface area contributed by atoms with E-state index in [0.29, 0.717) is 6.54 Å². The number of hydrogen-bond acceptors (Lipinski definition) is 3. The number of ether oxygens (including phenoxy) is 1. The van der Waals surface area contributed by atoms with Crippen molar-refractivity contribution in [2.24, 2.45) is 0 Å². The molecule has 74 valence electrons. The number of carbonyl (C=O) groups excluding carboxylic acids is 2. The van der Waals surface area contributed by atoms with Crippen molar-refractivity contribution in [3.05, 3.63) is 0 Å². The molecule has 0 spiro atoms. The van der Waals surface area contributed by atoms with Crippen molar-refractivity contribution >= 4 is 11.9 Å². The highest BCUT2D eigenvalue weighted by Crippen LogP contribution is 2.16. The number of likely N-dealkylation sites (tertiary alicyclic amines) is 1. The first-order valence-corrected chi connectivity index (χ1v) is 4.64. The van der Waals surface area contributed by atoms with E-state index in [1.165, 1.54) is 0 Å². The second-order valence-electron chi connectivity index (χ2n) is 3.21. The van der Waals surface area contributed by atoms with Crippen molar-refractivity contribution in [2.75, 3.05) is 13.2 Å². The summed E-state index contributed by atoms with van der Waals surface area (Å²) in [5.74, 6) is -1.22. The normalized spacial score (nSPS) is 21.7. The third-order valence-electron chi connectivity index (χ3n) is 2.26. The third-order valence-corrected chi connectivity index (χ3v) is 2.26. The van der Waals surface area contributed by atoms with Gasteiger partial charge in [-0.1, -0.05) is 0 Å². The summed E-state index contributed by atoms with van der Waals surface area (Å²) >= 11 is 0. The van der Waals surface area contributed by atoms with E-state index in [1.807, 2.05) is 6.92 Å². The maximum atomic E-state index is 11.4. The maximum absolute atomic E-state index is 11.4. The average Bonchev–Trinajstić information content (AvgIpc) is 2.50. The van der Waals surface area contributed by atoms with Gasteiger partial charge in [0.1, 0.15) is 0 Å². The summed E-state index contributed by atoms with van der Waals surface area (Å²) in [5, 5.41) is 0. The first-order valence-electron chi connectivity index (χ1n) is 4.64. The van der Waals surface area contributed by atoms with E-state index >= 15 is 0 Å². The number of rotatable bonds is 1. The lowest BCUT2D eigenvalue weighted by molar-refractivity contribution is -0.160. The zero-order valence-corrected chi connectivity index (χ0v) is 8.08. The summed E-state index contributed by atoms with van der Waals surface area (Å²) in [6, 6.07) is 0.178. The quantitative estimate of drug-likeness (QED) is 0.443. The monoisotopic (exact) mass is 185 g/mol. The van der Waals surface area contributed by atoms with Crippen LogP contribution in [0.25, 0.3) is 0 Å². The van der Waals surface area contributed by atoms with E-state index in [9.17, 15) is 9.59 Å². The van der Waals surface area contributed by atoms with Gasteiger partial charge in [0.25, 0.3) is 0 Å². The van der Waals surface area contributed by atoms with Gasteiger partial charge < -0.3 is 9.64 Å². The Morgan fingerprint density at radius 1 is 1.54 bits per heavy atom. The van der Waals surface area contributed by atoms with Crippen LogP contribution in [0, 0.1) is 0 Å². The van der Waals surface area contributed by atoms with Crippen LogP contribution in [0.4, 0.5) is 0 Å². The van der Waals surface area contributed by atoms with E-state index < -0.39 is 11.9 Å². The molecule has 0 aromatic carbocycles. The molecule has 1 saturated heterocycles. The average molecular weight is 185 g/mol. The van der Waals surface area contributed by atoms with Crippen molar-refractivity contribution in [1.82, 2.24) is 4.90 Å². The summed E-state index contributed by atoms with van der Waals surface area (Å²) in [6.07, 6.45) is 1.96. The van der Waals surface area contributed by atoms with Gasteiger partial charge in [-0.25, -0.2) is 4.79 Å². The fourth-order valence-corrected chi connectivity index (χ4v) is 1.55. The second-order valence-corrected chi connectivity index (χ2v) is 3.21. The lowest BCUT2D eigenvalue weighted by atomic mass is 10.2. The van der Waals surface area contributed by atoms with Crippen LogP contribution in [0.15, 0.2) is 0 Å². The largest absolute Gasteiger partial charge is 0.459 e. The first kappa shape index (κ1) is 10.0. The van der Waals surface area contributed by atoms with Gasteiger partial charge in [-0.15, -0.1) is 0 Å². The SMILES string of the molecule is CCOC(=O)C(=O)N1CCCC1C. The number of carbonyl (C=O) groups is 2. The van der Waals surface area contributed by atoms with Gasteiger partial charge in [0, 0.05) is 12.6 Å². The molecule has 0 radical (unpaired) electrons. The van der Waals surface area contributed by atoms with Crippen LogP contribution in [0.2, 0.25) is 0 Å². The molecule has 1 aliphatic rings. The molecule has 0 N–H and O–H groups in total. The topological polar surface area (TPSA) is 46.6 Å². The zero-order valence-electron chi connectivity index (χ0n) is 8.08. The van der Waals surface area contributed by atoms with Crippen molar-refractivity contribution < 1.29 is 14.3 Å². The Morgan fingerprint density at radius 2 is 2.23 bits per heavy atom. The second kappa shape index (κ2) is 4.25. The van der Waals surface area contributed by atoms with Crippen LogP contribution >= 0.6 is 0 Å². The van der Waals surface area contributed by atoms with E-state index in [4.69, 9.17) is 0 Å². The van der Waals surface area contributed by atoms with Crippen molar-refractivity contribution in [1.29, 1.82) is 0 Å². The minimum absolute atomic E-state index is 0.178. The highest BCUT2D eigenvalue weighted by atomic mass is 16.5. The summed E-state index contributed by atoms with van der Waals surface area (Å²) in [7, 11) is 0. The molecular weight excluding hydrogens is 170 g/mol. The lowest BCUT2D eigenvalue weighted by Gasteiger charge is -2.19. The van der Waals surface area contributed by atoms with Crippen molar-refractivity contribution in [2.45, 2.75) is 32.7 Å². The molecule has 1 heterocycles. The predicted molar refractivity (Wildman–Crippen MR) is 47.0 cm³/mol. The molecule has 4 heteroatoms. The molecule has 0 aromatic rings. The predicted octanol–water partition coefficient (Wildman–Crippen LogP) is 0.560. The van der Waals surface area contributed by atoms with E-state index in [-0.39, 0.29) is 12.6 Å². The van der Waals surface area contributed by atoms with Gasteiger partial charge >= 0.3 is 11.9 Å². The Kier molecular flexibility index (Phi) is 3.28. The minimum Gasteiger partial charge on any atom is -0.459 e. The van der Waals surface area contributed by atoms with E-state index in [1.54, 1.807) is 11.8 Å². The summed E-state index contributed by atoms with van der Waals surface area (Å²) in [4.78, 5) is 24.0. The van der Waals surface area contributed by atoms with Crippen molar-refractivity contribution in [3.8, 4) is 0 Å². The summed E-state index contributed by atoms with van der Waals surface area (Å²) in [6.45, 7) is 4.58. The first-order chi connectivity index (χ1) is 6.16. The highest BCUT2D eigenvalue weighted by molar-refractivity contribution is 6.32. The van der Waals surface area contributed by atoms with Gasteiger partial charge in [-0.2, -0.15) is 0 Å². The van der Waals surface area contributed by atoms with Gasteiger partial charge in [0.05, 0.1) is 6.61 Å². The Hall–Kier alpha value is -1.06.